The van der Waals surface area contributed by atoms with Crippen molar-refractivity contribution < 1.29 is 13.6 Å². The first-order valence-electron chi connectivity index (χ1n) is 11.0. The molecule has 5 rings (SSSR count). The van der Waals surface area contributed by atoms with Gasteiger partial charge in [-0.2, -0.15) is 0 Å². The number of aromatic nitrogens is 2. The van der Waals surface area contributed by atoms with Gasteiger partial charge < -0.3 is 15.5 Å². The number of anilines is 2. The number of fused-ring (bicyclic) bond motifs is 1. The third-order valence-corrected chi connectivity index (χ3v) is 6.58. The van der Waals surface area contributed by atoms with Crippen LogP contribution in [0.5, 0.6) is 0 Å². The largest absolute Gasteiger partial charge is 0.350 e. The summed E-state index contributed by atoms with van der Waals surface area (Å²) in [6, 6.07) is 15.8. The maximum absolute atomic E-state index is 13.6. The Morgan fingerprint density at radius 1 is 1.06 bits per heavy atom. The number of nitrogens with one attached hydrogen (secondary N) is 2. The monoisotopic (exact) mass is 493 g/mol. The lowest BCUT2D eigenvalue weighted by atomic mass is 10.1. The summed E-state index contributed by atoms with van der Waals surface area (Å²) in [6.45, 7) is 0.905. The van der Waals surface area contributed by atoms with Crippen LogP contribution in [0.15, 0.2) is 70.8 Å². The molecule has 1 aliphatic heterocycles. The number of carbonyl (C=O) groups is 1. The molecular formula is C25H21F2N5O2S. The van der Waals surface area contributed by atoms with Crippen LogP contribution in [0, 0.1) is 11.6 Å². The molecule has 7 nitrogen and oxygen atoms in total. The third-order valence-electron chi connectivity index (χ3n) is 5.70. The molecule has 2 aromatic heterocycles. The minimum atomic E-state index is -1.05. The first kappa shape index (κ1) is 22.7. The quantitative estimate of drug-likeness (QED) is 0.420. The third kappa shape index (κ3) is 4.78. The van der Waals surface area contributed by atoms with E-state index < -0.39 is 17.7 Å². The molecule has 0 radical (unpaired) electrons. The smallest absolute Gasteiger partial charge is 0.322 e. The number of amides is 2. The molecule has 0 saturated carbocycles. The zero-order valence-corrected chi connectivity index (χ0v) is 19.3. The number of urea groups is 1. The maximum atomic E-state index is 13.6. The normalized spacial score (nSPS) is 12.8. The van der Waals surface area contributed by atoms with Crippen LogP contribution in [0.3, 0.4) is 0 Å². The van der Waals surface area contributed by atoms with Crippen LogP contribution in [0.1, 0.15) is 16.1 Å². The summed E-state index contributed by atoms with van der Waals surface area (Å²) in [6.07, 6.45) is 0.388. The van der Waals surface area contributed by atoms with Gasteiger partial charge in [-0.1, -0.05) is 24.3 Å². The van der Waals surface area contributed by atoms with E-state index in [-0.39, 0.29) is 17.8 Å². The number of halogens is 2. The van der Waals surface area contributed by atoms with E-state index in [0.29, 0.717) is 42.4 Å². The number of hydrogen-bond donors (Lipinski definition) is 2. The van der Waals surface area contributed by atoms with Gasteiger partial charge >= 0.3 is 6.03 Å². The molecule has 0 aliphatic carbocycles. The maximum Gasteiger partial charge on any atom is 0.322 e. The Bertz CT molecular complexity index is 1420. The Balaban J connectivity index is 1.44. The molecule has 0 saturated heterocycles. The Hall–Kier alpha value is -4.05. The van der Waals surface area contributed by atoms with Crippen molar-refractivity contribution in [3.63, 3.8) is 0 Å². The van der Waals surface area contributed by atoms with E-state index >= 15 is 0 Å². The van der Waals surface area contributed by atoms with Gasteiger partial charge in [0.25, 0.3) is 5.56 Å². The molecule has 35 heavy (non-hydrogen) atoms. The number of thiophene rings is 1. The average Bonchev–Trinajstić information content (AvgIpc) is 3.39. The standard InChI is InChI=1S/C25H21F2N5O2S/c26-20-9-8-16(13-21(20)27)29-25(34)31-11-10-22-19(15-31)23(33)32(17-5-2-1-3-6-17)24(30-22)28-14-18-7-4-12-35-18/h1-9,12-13H,10-11,14-15H2,(H,28,30)(H,29,34). The average molecular weight is 494 g/mol. The summed E-state index contributed by atoms with van der Waals surface area (Å²) in [7, 11) is 0. The minimum absolute atomic E-state index is 0.0503. The summed E-state index contributed by atoms with van der Waals surface area (Å²) < 4.78 is 28.2. The summed E-state index contributed by atoms with van der Waals surface area (Å²) in [4.78, 5) is 33.8. The summed E-state index contributed by atoms with van der Waals surface area (Å²) in [5.74, 6) is -1.61. The van der Waals surface area contributed by atoms with Crippen LogP contribution in [0.4, 0.5) is 25.2 Å². The molecule has 0 unspecified atom stereocenters. The lowest BCUT2D eigenvalue weighted by molar-refractivity contribution is 0.205. The molecule has 178 valence electrons. The fraction of sp³-hybridized carbons (Fsp3) is 0.160. The van der Waals surface area contributed by atoms with Gasteiger partial charge in [0.1, 0.15) is 0 Å². The van der Waals surface area contributed by atoms with Gasteiger partial charge in [-0.25, -0.2) is 23.1 Å². The van der Waals surface area contributed by atoms with Gasteiger partial charge in [0, 0.05) is 29.6 Å². The fourth-order valence-electron chi connectivity index (χ4n) is 3.94. The molecule has 0 spiro atoms. The lowest BCUT2D eigenvalue weighted by Crippen LogP contribution is -2.43. The van der Waals surface area contributed by atoms with Gasteiger partial charge in [-0.15, -0.1) is 11.3 Å². The van der Waals surface area contributed by atoms with Crippen molar-refractivity contribution in [2.75, 3.05) is 17.2 Å². The van der Waals surface area contributed by atoms with Crippen LogP contribution < -0.4 is 16.2 Å². The lowest BCUT2D eigenvalue weighted by Gasteiger charge is -2.29. The Labute approximate surface area is 203 Å². The van der Waals surface area contributed by atoms with E-state index in [1.807, 2.05) is 47.8 Å². The van der Waals surface area contributed by atoms with E-state index in [9.17, 15) is 18.4 Å². The van der Waals surface area contributed by atoms with Gasteiger partial charge in [0.15, 0.2) is 11.6 Å². The van der Waals surface area contributed by atoms with Crippen LogP contribution in [0.25, 0.3) is 5.69 Å². The highest BCUT2D eigenvalue weighted by Gasteiger charge is 2.27. The second-order valence-corrected chi connectivity index (χ2v) is 9.03. The van der Waals surface area contributed by atoms with Crippen molar-refractivity contribution in [1.29, 1.82) is 0 Å². The number of rotatable bonds is 5. The molecule has 0 bridgehead atoms. The van der Waals surface area contributed by atoms with Gasteiger partial charge in [0.05, 0.1) is 30.0 Å². The molecular weight excluding hydrogens is 472 g/mol. The predicted octanol–water partition coefficient (Wildman–Crippen LogP) is 4.77. The topological polar surface area (TPSA) is 79.3 Å². The molecule has 0 atom stereocenters. The highest BCUT2D eigenvalue weighted by atomic mass is 32.1. The minimum Gasteiger partial charge on any atom is -0.350 e. The number of para-hydroxylation sites is 1. The fourth-order valence-corrected chi connectivity index (χ4v) is 4.59. The Morgan fingerprint density at radius 3 is 2.63 bits per heavy atom. The van der Waals surface area contributed by atoms with E-state index in [1.54, 1.807) is 11.3 Å². The SMILES string of the molecule is O=C(Nc1ccc(F)c(F)c1)N1CCc2nc(NCc3cccs3)n(-c3ccccc3)c(=O)c2C1. The van der Waals surface area contributed by atoms with E-state index in [0.717, 1.165) is 17.0 Å². The number of hydrogen-bond acceptors (Lipinski definition) is 5. The highest BCUT2D eigenvalue weighted by Crippen LogP contribution is 2.21. The molecule has 0 fully saturated rings. The van der Waals surface area contributed by atoms with Gasteiger partial charge in [-0.3, -0.25) is 4.79 Å². The summed E-state index contributed by atoms with van der Waals surface area (Å²) in [5.41, 5.74) is 1.58. The van der Waals surface area contributed by atoms with Crippen LogP contribution in [0.2, 0.25) is 0 Å². The Kier molecular flexibility index (Phi) is 6.28. The summed E-state index contributed by atoms with van der Waals surface area (Å²) >= 11 is 1.61. The predicted molar refractivity (Wildman–Crippen MR) is 131 cm³/mol. The van der Waals surface area contributed by atoms with Crippen LogP contribution in [-0.4, -0.2) is 27.0 Å². The second kappa shape index (κ2) is 9.67. The molecule has 2 amide bonds. The van der Waals surface area contributed by atoms with E-state index in [1.165, 1.54) is 15.5 Å². The van der Waals surface area contributed by atoms with Gasteiger partial charge in [-0.05, 0) is 35.7 Å². The van der Waals surface area contributed by atoms with Crippen molar-refractivity contribution >= 4 is 29.0 Å². The van der Waals surface area contributed by atoms with Crippen LogP contribution >= 0.6 is 11.3 Å². The zero-order chi connectivity index (χ0) is 24.4. The first-order valence-corrected chi connectivity index (χ1v) is 11.8. The van der Waals surface area contributed by atoms with E-state index in [4.69, 9.17) is 4.98 Å². The zero-order valence-electron chi connectivity index (χ0n) is 18.5. The van der Waals surface area contributed by atoms with Crippen molar-refractivity contribution in [3.05, 3.63) is 104 Å². The number of nitrogens with zero attached hydrogens (tertiary/aromatic N) is 3. The van der Waals surface area contributed by atoms with Crippen molar-refractivity contribution in [2.24, 2.45) is 0 Å². The van der Waals surface area contributed by atoms with Gasteiger partial charge in [0.2, 0.25) is 5.95 Å². The second-order valence-electron chi connectivity index (χ2n) is 8.00. The van der Waals surface area contributed by atoms with E-state index in [2.05, 4.69) is 10.6 Å². The number of carbonyl (C=O) groups excluding carboxylic acids is 1. The molecule has 1 aliphatic rings. The number of benzene rings is 2. The van der Waals surface area contributed by atoms with Crippen molar-refractivity contribution in [3.8, 4) is 5.69 Å². The van der Waals surface area contributed by atoms with Crippen molar-refractivity contribution in [1.82, 2.24) is 14.5 Å². The molecule has 4 aromatic rings. The Morgan fingerprint density at radius 2 is 1.89 bits per heavy atom. The molecule has 10 heteroatoms. The highest BCUT2D eigenvalue weighted by molar-refractivity contribution is 7.09. The first-order chi connectivity index (χ1) is 17.0. The molecule has 2 aromatic carbocycles. The van der Waals surface area contributed by atoms with Crippen LogP contribution in [-0.2, 0) is 19.5 Å². The molecule has 3 heterocycles. The van der Waals surface area contributed by atoms with Crippen molar-refractivity contribution in [2.45, 2.75) is 19.5 Å². The molecule has 2 N–H and O–H groups in total. The summed E-state index contributed by atoms with van der Waals surface area (Å²) in [5, 5.41) is 7.84.